The molecule has 0 bridgehead atoms. The van der Waals surface area contributed by atoms with Gasteiger partial charge in [0.2, 0.25) is 0 Å². The molecule has 0 saturated heterocycles. The van der Waals surface area contributed by atoms with E-state index in [9.17, 15) is 0 Å². The van der Waals surface area contributed by atoms with Crippen LogP contribution in [0.3, 0.4) is 0 Å². The zero-order valence-corrected chi connectivity index (χ0v) is 15.5. The summed E-state index contributed by atoms with van der Waals surface area (Å²) in [6.45, 7) is 2.64. The summed E-state index contributed by atoms with van der Waals surface area (Å²) in [6, 6.07) is 31.8. The Balaban J connectivity index is 0.000000465. The fourth-order valence-corrected chi connectivity index (χ4v) is 2.58. The van der Waals surface area contributed by atoms with Crippen LogP contribution in [0.4, 0.5) is 0 Å². The Bertz CT molecular complexity index is 656. The van der Waals surface area contributed by atoms with Crippen LogP contribution in [0.25, 0.3) is 0 Å². The summed E-state index contributed by atoms with van der Waals surface area (Å²) in [7, 11) is -4.94. The van der Waals surface area contributed by atoms with Gasteiger partial charge in [-0.3, -0.25) is 0 Å². The van der Waals surface area contributed by atoms with Gasteiger partial charge >= 0.3 is 0 Å². The normalized spacial score (nSPS) is 11.0. The first kappa shape index (κ1) is 21.1. The van der Waals surface area contributed by atoms with E-state index < -0.39 is 10.2 Å². The smallest absolute Gasteiger partial charge is 0.172 e. The molecule has 5 nitrogen and oxygen atoms in total. The minimum absolute atomic E-state index is 0.880. The van der Waals surface area contributed by atoms with E-state index in [0.29, 0.717) is 0 Å². The van der Waals surface area contributed by atoms with Crippen molar-refractivity contribution >= 4 is 0 Å². The average Bonchev–Trinajstić information content (AvgIpc) is 2.63. The second-order valence-electron chi connectivity index (χ2n) is 5.88. The molecule has 0 aliphatic carbocycles. The Morgan fingerprint density at radius 3 is 0.926 bits per heavy atom. The van der Waals surface area contributed by atoms with Gasteiger partial charge in [-0.1, -0.05) is 91.0 Å². The van der Waals surface area contributed by atoms with Gasteiger partial charge in [0, 0.05) is 16.7 Å². The van der Waals surface area contributed by atoms with E-state index in [2.05, 4.69) is 95.4 Å². The Labute approximate surface area is 161 Å². The molecular weight excluding hydrogens is 368 g/mol. The molecule has 0 aliphatic rings. The van der Waals surface area contributed by atoms with Gasteiger partial charge in [0.15, 0.2) is 19.8 Å². The molecule has 142 valence electrons. The second-order valence-corrected chi connectivity index (χ2v) is 6.64. The van der Waals surface area contributed by atoms with Crippen LogP contribution in [-0.4, -0.2) is 0 Å². The van der Waals surface area contributed by atoms with Gasteiger partial charge in [-0.2, -0.15) is 0 Å². The maximum absolute atomic E-state index is 8.49. The van der Waals surface area contributed by atoms with E-state index in [1.807, 2.05) is 0 Å². The fourth-order valence-electron chi connectivity index (χ4n) is 2.58. The molecule has 0 saturated carbocycles. The number of rotatable bonds is 6. The van der Waals surface area contributed by atoms with Crippen molar-refractivity contribution in [3.8, 4) is 0 Å². The molecule has 0 aromatic heterocycles. The highest BCUT2D eigenvalue weighted by Gasteiger charge is 2.13. The van der Waals surface area contributed by atoms with E-state index >= 15 is 0 Å². The summed E-state index contributed by atoms with van der Waals surface area (Å²) in [5, 5.41) is 0. The van der Waals surface area contributed by atoms with E-state index in [4.69, 9.17) is 18.6 Å². The van der Waals surface area contributed by atoms with Gasteiger partial charge in [-0.05, 0) is 0 Å². The monoisotopic (exact) mass is 388 g/mol. The van der Waals surface area contributed by atoms with Crippen LogP contribution in [-0.2, 0) is 24.2 Å². The highest BCUT2D eigenvalue weighted by molar-refractivity contribution is 5.17. The molecule has 3 aromatic carbocycles. The van der Waals surface area contributed by atoms with Crippen molar-refractivity contribution < 1.29 is 33.2 Å². The van der Waals surface area contributed by atoms with Crippen molar-refractivity contribution in [1.29, 1.82) is 0 Å². The third kappa shape index (κ3) is 9.86. The first-order valence-electron chi connectivity index (χ1n) is 8.28. The first-order chi connectivity index (χ1) is 12.9. The van der Waals surface area contributed by atoms with Crippen molar-refractivity contribution in [2.45, 2.75) is 19.8 Å². The highest BCUT2D eigenvalue weighted by atomic mass is 35.7. The number of benzene rings is 3. The molecule has 0 unspecified atom stereocenters. The Morgan fingerprint density at radius 1 is 0.481 bits per heavy atom. The van der Waals surface area contributed by atoms with Crippen LogP contribution in [0.1, 0.15) is 16.7 Å². The summed E-state index contributed by atoms with van der Waals surface area (Å²) in [4.78, 5) is 0. The summed E-state index contributed by atoms with van der Waals surface area (Å²) in [5.41, 5.74) is 3.96. The topological polar surface area (TPSA) is 94.9 Å². The molecule has 27 heavy (non-hydrogen) atoms. The Kier molecular flexibility index (Phi) is 8.42. The molecule has 0 radical (unpaired) electrons. The lowest BCUT2D eigenvalue weighted by atomic mass is 10.2. The van der Waals surface area contributed by atoms with Gasteiger partial charge < -0.3 is 4.37 Å². The third-order valence-corrected chi connectivity index (χ3v) is 3.64. The van der Waals surface area contributed by atoms with Crippen molar-refractivity contribution in [1.82, 2.24) is 0 Å². The van der Waals surface area contributed by atoms with Gasteiger partial charge in [0.1, 0.15) is 0 Å². The standard InChI is InChI=1S/C21H21O.ClHO4/c1-4-10-19(11-5-1)16-22(17-20-12-6-2-7-13-20)18-21-14-8-3-9-15-21;2-1(3,4)5/h1-15H,16-18H2;(H,2,3,4,5)/q+1;/p-1. The van der Waals surface area contributed by atoms with Crippen LogP contribution in [0, 0.1) is 10.2 Å². The lowest BCUT2D eigenvalue weighted by Gasteiger charge is -2.20. The van der Waals surface area contributed by atoms with E-state index in [0.717, 1.165) is 19.8 Å². The second kappa shape index (κ2) is 10.8. The molecule has 0 amide bonds. The Hall–Kier alpha value is -2.25. The van der Waals surface area contributed by atoms with Crippen molar-refractivity contribution in [2.75, 3.05) is 0 Å². The fraction of sp³-hybridized carbons (Fsp3) is 0.143. The molecule has 0 atom stereocenters. The molecule has 3 rings (SSSR count). The number of hydrogen-bond acceptors (Lipinski definition) is 4. The number of halogens is 1. The predicted octanol–water partition coefficient (Wildman–Crippen LogP) is 0.383. The van der Waals surface area contributed by atoms with Crippen molar-refractivity contribution in [3.05, 3.63) is 108 Å². The molecule has 6 heteroatoms. The van der Waals surface area contributed by atoms with Crippen molar-refractivity contribution in [3.63, 3.8) is 0 Å². The molecule has 0 aliphatic heterocycles. The maximum atomic E-state index is 8.49. The zero-order valence-electron chi connectivity index (χ0n) is 14.7. The summed E-state index contributed by atoms with van der Waals surface area (Å²) in [5.74, 6) is 0. The van der Waals surface area contributed by atoms with Crippen molar-refractivity contribution in [2.24, 2.45) is 0 Å². The van der Waals surface area contributed by atoms with E-state index in [1.54, 1.807) is 0 Å². The minimum Gasteiger partial charge on any atom is -0.411 e. The summed E-state index contributed by atoms with van der Waals surface area (Å²) in [6.07, 6.45) is 0. The van der Waals surface area contributed by atoms with Crippen LogP contribution in [0.5, 0.6) is 0 Å². The van der Waals surface area contributed by atoms with Crippen LogP contribution < -0.4 is 18.6 Å². The zero-order chi connectivity index (χ0) is 19.5. The first-order valence-corrected chi connectivity index (χ1v) is 9.51. The van der Waals surface area contributed by atoms with Crippen LogP contribution in [0.15, 0.2) is 91.0 Å². The minimum atomic E-state index is -4.94. The summed E-state index contributed by atoms with van der Waals surface area (Å²) >= 11 is 0. The van der Waals surface area contributed by atoms with E-state index in [1.165, 1.54) is 16.7 Å². The predicted molar refractivity (Wildman–Crippen MR) is 91.5 cm³/mol. The average molecular weight is 389 g/mol. The van der Waals surface area contributed by atoms with Gasteiger partial charge in [-0.25, -0.2) is 18.6 Å². The van der Waals surface area contributed by atoms with E-state index in [-0.39, 0.29) is 0 Å². The number of hydrogen-bond donors (Lipinski definition) is 0. The molecule has 0 heterocycles. The largest absolute Gasteiger partial charge is 0.411 e. The molecule has 3 aromatic rings. The molecular formula is C21H21ClO5. The third-order valence-electron chi connectivity index (χ3n) is 3.64. The lowest BCUT2D eigenvalue weighted by molar-refractivity contribution is -2.00. The molecule has 0 N–H and O–H groups in total. The molecule has 0 fully saturated rings. The maximum Gasteiger partial charge on any atom is 0.172 e. The van der Waals surface area contributed by atoms with Gasteiger partial charge in [0.25, 0.3) is 0 Å². The lowest BCUT2D eigenvalue weighted by Crippen LogP contribution is -2.68. The SMILES string of the molecule is [O-][Cl+3]([O-])([O-])[O-].c1ccc(C[O+](Cc2ccccc2)Cc2ccccc2)cc1. The summed E-state index contributed by atoms with van der Waals surface area (Å²) < 4.78 is 37.4. The van der Waals surface area contributed by atoms with Crippen LogP contribution in [0.2, 0.25) is 0 Å². The highest BCUT2D eigenvalue weighted by Crippen LogP contribution is 2.18. The molecule has 0 spiro atoms. The van der Waals surface area contributed by atoms with Crippen LogP contribution >= 0.6 is 0 Å². The Morgan fingerprint density at radius 2 is 0.704 bits per heavy atom. The quantitative estimate of drug-likeness (QED) is 0.570. The van der Waals surface area contributed by atoms with Gasteiger partial charge in [0.05, 0.1) is 0 Å². The van der Waals surface area contributed by atoms with Gasteiger partial charge in [-0.15, -0.1) is 10.2 Å².